The van der Waals surface area contributed by atoms with Crippen molar-refractivity contribution in [1.82, 2.24) is 0 Å². The normalized spacial score (nSPS) is 13.9. The van der Waals surface area contributed by atoms with Gasteiger partial charge in [-0.15, -0.1) is 11.8 Å². The Hall–Kier alpha value is -0.960. The van der Waals surface area contributed by atoms with Crippen molar-refractivity contribution in [2.24, 2.45) is 5.73 Å². The Morgan fingerprint density at radius 1 is 1.14 bits per heavy atom. The van der Waals surface area contributed by atoms with Crippen LogP contribution in [-0.4, -0.2) is 6.04 Å². The van der Waals surface area contributed by atoms with Gasteiger partial charge in [-0.05, 0) is 42.2 Å². The summed E-state index contributed by atoms with van der Waals surface area (Å²) in [5, 5.41) is 1.05. The monoisotopic (exact) mass is 319 g/mol. The molecule has 2 N–H and O–H groups in total. The van der Waals surface area contributed by atoms with Gasteiger partial charge in [0.05, 0.1) is 0 Å². The molecule has 0 saturated heterocycles. The van der Waals surface area contributed by atoms with Crippen LogP contribution in [0.15, 0.2) is 48.5 Å². The second-order valence-corrected chi connectivity index (χ2v) is 6.85. The molecule has 3 heteroatoms. The second-order valence-electron chi connectivity index (χ2n) is 5.29. The molecule has 0 aliphatic heterocycles. The highest BCUT2D eigenvalue weighted by Crippen LogP contribution is 2.36. The van der Waals surface area contributed by atoms with Crippen LogP contribution >= 0.6 is 23.4 Å². The first-order valence-electron chi connectivity index (χ1n) is 7.29. The van der Waals surface area contributed by atoms with Crippen molar-refractivity contribution >= 4 is 23.4 Å². The fourth-order valence-electron chi connectivity index (χ4n) is 2.32. The Morgan fingerprint density at radius 3 is 2.57 bits per heavy atom. The molecule has 0 bridgehead atoms. The Balaban J connectivity index is 2.16. The largest absolute Gasteiger partial charge is 0.326 e. The van der Waals surface area contributed by atoms with Crippen molar-refractivity contribution in [2.75, 3.05) is 0 Å². The van der Waals surface area contributed by atoms with Gasteiger partial charge in [0.2, 0.25) is 0 Å². The van der Waals surface area contributed by atoms with Gasteiger partial charge in [0.15, 0.2) is 0 Å². The van der Waals surface area contributed by atoms with Gasteiger partial charge in [0.25, 0.3) is 0 Å². The number of aryl methyl sites for hydroxylation is 1. The molecule has 2 aromatic rings. The van der Waals surface area contributed by atoms with Crippen LogP contribution in [0, 0.1) is 6.92 Å². The van der Waals surface area contributed by atoms with Crippen LogP contribution in [0.25, 0.3) is 0 Å². The molecule has 0 aromatic heterocycles. The SMILES string of the molecule is CCC(N)C(SCc1ccccc1C)c1cccc(Cl)c1. The molecule has 0 amide bonds. The van der Waals surface area contributed by atoms with Gasteiger partial charge < -0.3 is 5.73 Å². The molecule has 0 heterocycles. The van der Waals surface area contributed by atoms with Crippen LogP contribution in [0.2, 0.25) is 5.02 Å². The Bertz CT molecular complexity index is 585. The number of hydrogen-bond donors (Lipinski definition) is 1. The lowest BCUT2D eigenvalue weighted by atomic mass is 10.0. The fraction of sp³-hybridized carbons (Fsp3) is 0.333. The van der Waals surface area contributed by atoms with Gasteiger partial charge in [-0.3, -0.25) is 0 Å². The molecule has 0 radical (unpaired) electrons. The zero-order chi connectivity index (χ0) is 15.2. The van der Waals surface area contributed by atoms with Gasteiger partial charge in [-0.2, -0.15) is 0 Å². The van der Waals surface area contributed by atoms with Crippen LogP contribution < -0.4 is 5.73 Å². The summed E-state index contributed by atoms with van der Waals surface area (Å²) in [7, 11) is 0. The molecule has 0 aliphatic carbocycles. The van der Waals surface area contributed by atoms with Crippen molar-refractivity contribution in [3.05, 3.63) is 70.2 Å². The number of benzene rings is 2. The standard InChI is InChI=1S/C18H22ClNS/c1-3-17(20)18(14-9-6-10-16(19)11-14)21-12-15-8-5-4-7-13(15)2/h4-11,17-18H,3,12,20H2,1-2H3. The number of nitrogens with two attached hydrogens (primary N) is 1. The molecule has 21 heavy (non-hydrogen) atoms. The first kappa shape index (κ1) is 16.4. The van der Waals surface area contributed by atoms with Crippen molar-refractivity contribution in [2.45, 2.75) is 37.3 Å². The van der Waals surface area contributed by atoms with E-state index in [4.69, 9.17) is 17.3 Å². The molecule has 0 saturated carbocycles. The highest BCUT2D eigenvalue weighted by atomic mass is 35.5. The lowest BCUT2D eigenvalue weighted by molar-refractivity contribution is 0.634. The van der Waals surface area contributed by atoms with E-state index in [1.54, 1.807) is 0 Å². The summed E-state index contributed by atoms with van der Waals surface area (Å²) in [6.07, 6.45) is 0.956. The maximum atomic E-state index is 6.34. The van der Waals surface area contributed by atoms with Gasteiger partial charge in [0.1, 0.15) is 0 Å². The van der Waals surface area contributed by atoms with Gasteiger partial charge in [-0.1, -0.05) is 54.9 Å². The Morgan fingerprint density at radius 2 is 1.90 bits per heavy atom. The van der Waals surface area contributed by atoms with E-state index >= 15 is 0 Å². The Kier molecular flexibility index (Phi) is 6.16. The minimum absolute atomic E-state index is 0.137. The first-order valence-corrected chi connectivity index (χ1v) is 8.71. The van der Waals surface area contributed by atoms with Gasteiger partial charge >= 0.3 is 0 Å². The van der Waals surface area contributed by atoms with Crippen molar-refractivity contribution in [3.8, 4) is 0 Å². The molecule has 0 fully saturated rings. The highest BCUT2D eigenvalue weighted by Gasteiger charge is 2.19. The van der Waals surface area contributed by atoms with E-state index in [1.807, 2.05) is 30.0 Å². The van der Waals surface area contributed by atoms with Crippen molar-refractivity contribution < 1.29 is 0 Å². The molecule has 112 valence electrons. The van der Waals surface area contributed by atoms with Crippen LogP contribution in [0.1, 0.15) is 35.3 Å². The predicted molar refractivity (Wildman–Crippen MR) is 94.9 cm³/mol. The minimum atomic E-state index is 0.137. The molecule has 0 spiro atoms. The lowest BCUT2D eigenvalue weighted by Crippen LogP contribution is -2.25. The molecule has 0 aliphatic rings. The Labute approximate surface area is 136 Å². The maximum absolute atomic E-state index is 6.34. The first-order chi connectivity index (χ1) is 10.1. The number of thioether (sulfide) groups is 1. The smallest absolute Gasteiger partial charge is 0.0452 e. The summed E-state index contributed by atoms with van der Waals surface area (Å²) in [5.74, 6) is 0.970. The zero-order valence-corrected chi connectivity index (χ0v) is 14.1. The summed E-state index contributed by atoms with van der Waals surface area (Å²) in [5.41, 5.74) is 10.3. The minimum Gasteiger partial charge on any atom is -0.326 e. The summed E-state index contributed by atoms with van der Waals surface area (Å²) >= 11 is 8.03. The third-order valence-corrected chi connectivity index (χ3v) is 5.41. The van der Waals surface area contributed by atoms with E-state index < -0.39 is 0 Å². The average molecular weight is 320 g/mol. The van der Waals surface area contributed by atoms with E-state index in [0.717, 1.165) is 17.2 Å². The number of rotatable bonds is 6. The summed E-state index contributed by atoms with van der Waals surface area (Å²) in [6.45, 7) is 4.29. The van der Waals surface area contributed by atoms with E-state index in [1.165, 1.54) is 16.7 Å². The molecule has 2 unspecified atom stereocenters. The number of hydrogen-bond acceptors (Lipinski definition) is 2. The summed E-state index contributed by atoms with van der Waals surface area (Å²) < 4.78 is 0. The molecular weight excluding hydrogens is 298 g/mol. The zero-order valence-electron chi connectivity index (χ0n) is 12.6. The molecule has 1 nitrogen and oxygen atoms in total. The fourth-order valence-corrected chi connectivity index (χ4v) is 3.98. The highest BCUT2D eigenvalue weighted by molar-refractivity contribution is 7.98. The van der Waals surface area contributed by atoms with Crippen molar-refractivity contribution in [3.63, 3.8) is 0 Å². The molecular formula is C18H22ClNS. The second kappa shape index (κ2) is 7.88. The number of halogens is 1. The topological polar surface area (TPSA) is 26.0 Å². The van der Waals surface area contributed by atoms with E-state index in [9.17, 15) is 0 Å². The molecule has 2 aromatic carbocycles. The summed E-state index contributed by atoms with van der Waals surface area (Å²) in [4.78, 5) is 0. The maximum Gasteiger partial charge on any atom is 0.0452 e. The molecule has 2 rings (SSSR count). The van der Waals surface area contributed by atoms with Gasteiger partial charge in [-0.25, -0.2) is 0 Å². The van der Waals surface area contributed by atoms with Crippen LogP contribution in [0.4, 0.5) is 0 Å². The van der Waals surface area contributed by atoms with Crippen LogP contribution in [0.3, 0.4) is 0 Å². The summed E-state index contributed by atoms with van der Waals surface area (Å²) in [6, 6.07) is 16.7. The van der Waals surface area contributed by atoms with Crippen LogP contribution in [0.5, 0.6) is 0 Å². The lowest BCUT2D eigenvalue weighted by Gasteiger charge is -2.23. The van der Waals surface area contributed by atoms with E-state index in [0.29, 0.717) is 0 Å². The van der Waals surface area contributed by atoms with E-state index in [-0.39, 0.29) is 11.3 Å². The average Bonchev–Trinajstić information content (AvgIpc) is 2.49. The third kappa shape index (κ3) is 4.50. The molecule has 2 atom stereocenters. The van der Waals surface area contributed by atoms with Crippen molar-refractivity contribution in [1.29, 1.82) is 0 Å². The van der Waals surface area contributed by atoms with Gasteiger partial charge in [0, 0.05) is 22.1 Å². The third-order valence-electron chi connectivity index (χ3n) is 3.72. The van der Waals surface area contributed by atoms with Crippen LogP contribution in [-0.2, 0) is 5.75 Å². The predicted octanol–water partition coefficient (Wildman–Crippen LogP) is 5.36. The van der Waals surface area contributed by atoms with E-state index in [2.05, 4.69) is 44.2 Å². The quantitative estimate of drug-likeness (QED) is 0.775.